The predicted molar refractivity (Wildman–Crippen MR) is 43.5 cm³/mol. The summed E-state index contributed by atoms with van der Waals surface area (Å²) >= 11 is 0. The van der Waals surface area contributed by atoms with Crippen molar-refractivity contribution in [1.82, 2.24) is 10.1 Å². The zero-order valence-corrected chi connectivity index (χ0v) is 7.37. The number of hydrogen-bond donors (Lipinski definition) is 1. The fourth-order valence-electron chi connectivity index (χ4n) is 1.02. The van der Waals surface area contributed by atoms with Gasteiger partial charge < -0.3 is 10.3 Å². The van der Waals surface area contributed by atoms with E-state index in [4.69, 9.17) is 10.3 Å². The second-order valence-corrected chi connectivity index (χ2v) is 3.77. The fraction of sp³-hybridized carbons (Fsp3) is 0.750. The molecule has 0 saturated heterocycles. The summed E-state index contributed by atoms with van der Waals surface area (Å²) in [7, 11) is 0. The van der Waals surface area contributed by atoms with Gasteiger partial charge in [-0.25, -0.2) is 0 Å². The molecule has 1 aromatic rings. The largest absolute Gasteiger partial charge is 0.337 e. The van der Waals surface area contributed by atoms with E-state index in [1.165, 1.54) is 0 Å². The summed E-state index contributed by atoms with van der Waals surface area (Å²) in [6.07, 6.45) is 1.93. The molecule has 0 amide bonds. The maximum Gasteiger partial charge on any atom is 0.246 e. The summed E-state index contributed by atoms with van der Waals surface area (Å²) in [5.41, 5.74) is 5.59. The quantitative estimate of drug-likeness (QED) is 0.717. The molecule has 1 aliphatic rings. The van der Waals surface area contributed by atoms with Crippen LogP contribution in [0.2, 0.25) is 0 Å². The van der Waals surface area contributed by atoms with Gasteiger partial charge in [0.1, 0.15) is 0 Å². The third-order valence-electron chi connectivity index (χ3n) is 2.17. The standard InChI is InChI=1S/C8H13N3O/c1-5(2)6-10-7(12-11-6)8(9)3-4-8/h5H,3-4,9H2,1-2H3. The Morgan fingerprint density at radius 1 is 1.50 bits per heavy atom. The highest BCUT2D eigenvalue weighted by Crippen LogP contribution is 2.41. The van der Waals surface area contributed by atoms with Crippen LogP contribution in [0.25, 0.3) is 0 Å². The van der Waals surface area contributed by atoms with Gasteiger partial charge in [-0.15, -0.1) is 0 Å². The van der Waals surface area contributed by atoms with Crippen LogP contribution in [-0.4, -0.2) is 10.1 Å². The van der Waals surface area contributed by atoms with Crippen LogP contribution in [0, 0.1) is 0 Å². The van der Waals surface area contributed by atoms with Crippen molar-refractivity contribution in [2.75, 3.05) is 0 Å². The Morgan fingerprint density at radius 2 is 2.17 bits per heavy atom. The minimum atomic E-state index is -0.292. The van der Waals surface area contributed by atoms with Crippen molar-refractivity contribution in [3.8, 4) is 0 Å². The Hall–Kier alpha value is -0.900. The van der Waals surface area contributed by atoms with Gasteiger partial charge in [0.25, 0.3) is 0 Å². The van der Waals surface area contributed by atoms with E-state index in [0.717, 1.165) is 18.7 Å². The summed E-state index contributed by atoms with van der Waals surface area (Å²) in [4.78, 5) is 4.24. The number of nitrogens with two attached hydrogens (primary N) is 1. The van der Waals surface area contributed by atoms with Crippen LogP contribution in [0.5, 0.6) is 0 Å². The third kappa shape index (κ3) is 1.12. The molecule has 1 heterocycles. The Labute approximate surface area is 71.1 Å². The van der Waals surface area contributed by atoms with E-state index in [1.807, 2.05) is 13.8 Å². The summed E-state index contributed by atoms with van der Waals surface area (Å²) in [6, 6.07) is 0. The molecule has 1 fully saturated rings. The minimum Gasteiger partial charge on any atom is -0.337 e. The van der Waals surface area contributed by atoms with Crippen LogP contribution in [0.15, 0.2) is 4.52 Å². The van der Waals surface area contributed by atoms with Crippen molar-refractivity contribution in [3.63, 3.8) is 0 Å². The molecular formula is C8H13N3O. The van der Waals surface area contributed by atoms with E-state index in [1.54, 1.807) is 0 Å². The molecule has 0 radical (unpaired) electrons. The molecule has 1 aromatic heterocycles. The van der Waals surface area contributed by atoms with Crippen molar-refractivity contribution >= 4 is 0 Å². The van der Waals surface area contributed by atoms with E-state index < -0.39 is 0 Å². The van der Waals surface area contributed by atoms with E-state index in [2.05, 4.69) is 10.1 Å². The van der Waals surface area contributed by atoms with Crippen LogP contribution in [0.3, 0.4) is 0 Å². The lowest BCUT2D eigenvalue weighted by Gasteiger charge is -1.98. The summed E-state index contributed by atoms with van der Waals surface area (Å²) in [6.45, 7) is 4.06. The molecule has 2 N–H and O–H groups in total. The molecule has 12 heavy (non-hydrogen) atoms. The second-order valence-electron chi connectivity index (χ2n) is 3.77. The molecule has 0 atom stereocenters. The maximum atomic E-state index is 5.89. The average Bonchev–Trinajstić information content (AvgIpc) is 2.61. The Morgan fingerprint density at radius 3 is 2.58 bits per heavy atom. The van der Waals surface area contributed by atoms with Crippen LogP contribution >= 0.6 is 0 Å². The van der Waals surface area contributed by atoms with Gasteiger partial charge >= 0.3 is 0 Å². The van der Waals surface area contributed by atoms with Gasteiger partial charge in [-0.1, -0.05) is 19.0 Å². The summed E-state index contributed by atoms with van der Waals surface area (Å²) in [5, 5.41) is 3.86. The third-order valence-corrected chi connectivity index (χ3v) is 2.17. The SMILES string of the molecule is CC(C)c1noc(C2(N)CC2)n1. The highest BCUT2D eigenvalue weighted by molar-refractivity contribution is 5.12. The number of rotatable bonds is 2. The molecule has 0 aromatic carbocycles. The van der Waals surface area contributed by atoms with Gasteiger partial charge in [0.2, 0.25) is 5.89 Å². The van der Waals surface area contributed by atoms with Gasteiger partial charge in [-0.2, -0.15) is 4.98 Å². The molecule has 0 bridgehead atoms. The van der Waals surface area contributed by atoms with Gasteiger partial charge in [-0.05, 0) is 12.8 Å². The van der Waals surface area contributed by atoms with Crippen molar-refractivity contribution < 1.29 is 4.52 Å². The molecule has 66 valence electrons. The lowest BCUT2D eigenvalue weighted by molar-refractivity contribution is 0.343. The summed E-state index contributed by atoms with van der Waals surface area (Å²) < 4.78 is 5.07. The fourth-order valence-corrected chi connectivity index (χ4v) is 1.02. The van der Waals surface area contributed by atoms with Gasteiger partial charge in [-0.3, -0.25) is 0 Å². The minimum absolute atomic E-state index is 0.292. The first-order valence-corrected chi connectivity index (χ1v) is 4.25. The Kier molecular flexibility index (Phi) is 1.48. The molecule has 0 unspecified atom stereocenters. The normalized spacial score (nSPS) is 20.0. The first kappa shape index (κ1) is 7.73. The molecule has 1 saturated carbocycles. The highest BCUT2D eigenvalue weighted by Gasteiger charge is 2.45. The lowest BCUT2D eigenvalue weighted by atomic mass is 10.2. The maximum absolute atomic E-state index is 5.89. The van der Waals surface area contributed by atoms with Crippen molar-refractivity contribution in [2.24, 2.45) is 5.73 Å². The van der Waals surface area contributed by atoms with E-state index >= 15 is 0 Å². The Bertz CT molecular complexity index is 288. The lowest BCUT2D eigenvalue weighted by Crippen LogP contribution is -2.19. The van der Waals surface area contributed by atoms with Crippen LogP contribution in [-0.2, 0) is 5.54 Å². The highest BCUT2D eigenvalue weighted by atomic mass is 16.5. The predicted octanol–water partition coefficient (Wildman–Crippen LogP) is 1.14. The number of nitrogens with zero attached hydrogens (tertiary/aromatic N) is 2. The average molecular weight is 167 g/mol. The first-order valence-electron chi connectivity index (χ1n) is 4.25. The zero-order chi connectivity index (χ0) is 8.77. The zero-order valence-electron chi connectivity index (χ0n) is 7.37. The van der Waals surface area contributed by atoms with Crippen molar-refractivity contribution in [2.45, 2.75) is 38.1 Å². The van der Waals surface area contributed by atoms with E-state index in [0.29, 0.717) is 11.8 Å². The van der Waals surface area contributed by atoms with Gasteiger partial charge in [0.05, 0.1) is 5.54 Å². The smallest absolute Gasteiger partial charge is 0.246 e. The molecule has 2 rings (SSSR count). The molecule has 1 aliphatic carbocycles. The monoisotopic (exact) mass is 167 g/mol. The Balaban J connectivity index is 2.25. The van der Waals surface area contributed by atoms with Crippen molar-refractivity contribution in [1.29, 1.82) is 0 Å². The summed E-state index contributed by atoms with van der Waals surface area (Å²) in [5.74, 6) is 1.66. The van der Waals surface area contributed by atoms with Crippen LogP contribution in [0.1, 0.15) is 44.3 Å². The first-order chi connectivity index (χ1) is 5.62. The molecule has 4 heteroatoms. The molecular weight excluding hydrogens is 154 g/mol. The molecule has 4 nitrogen and oxygen atoms in total. The van der Waals surface area contributed by atoms with Crippen molar-refractivity contribution in [3.05, 3.63) is 11.7 Å². The number of hydrogen-bond acceptors (Lipinski definition) is 4. The van der Waals surface area contributed by atoms with Crippen LogP contribution < -0.4 is 5.73 Å². The van der Waals surface area contributed by atoms with E-state index in [-0.39, 0.29) is 5.54 Å². The number of aromatic nitrogens is 2. The van der Waals surface area contributed by atoms with E-state index in [9.17, 15) is 0 Å². The van der Waals surface area contributed by atoms with Crippen LogP contribution in [0.4, 0.5) is 0 Å². The second kappa shape index (κ2) is 2.29. The van der Waals surface area contributed by atoms with Gasteiger partial charge in [0.15, 0.2) is 5.82 Å². The molecule has 0 spiro atoms. The van der Waals surface area contributed by atoms with Gasteiger partial charge in [0, 0.05) is 5.92 Å². The topological polar surface area (TPSA) is 64.9 Å². The molecule has 0 aliphatic heterocycles.